The maximum Gasteiger partial charge on any atom is 0.261 e. The van der Waals surface area contributed by atoms with Gasteiger partial charge in [0.15, 0.2) is 0 Å². The van der Waals surface area contributed by atoms with Crippen LogP contribution in [0, 0.1) is 0 Å². The van der Waals surface area contributed by atoms with E-state index < -0.39 is 0 Å². The standard InChI is InChI=1S/C22H20ClN3O2/c23-19-9-3-1-6-16(19)11-12-21(27)25-13-5-7-17(14-25)26-15-24-20-10-4-2-8-18(20)22(26)28/h1-4,6,8-12,15,17H,5,7,13-14H2/b12-11+/t17-/m0/s1. The Hall–Kier alpha value is -2.92. The molecular formula is C22H20ClN3O2. The van der Waals surface area contributed by atoms with Crippen molar-refractivity contribution in [2.24, 2.45) is 0 Å². The largest absolute Gasteiger partial charge is 0.337 e. The molecule has 0 bridgehead atoms. The van der Waals surface area contributed by atoms with Crippen LogP contribution >= 0.6 is 11.6 Å². The quantitative estimate of drug-likeness (QED) is 0.633. The number of piperidine rings is 1. The molecule has 0 aliphatic carbocycles. The van der Waals surface area contributed by atoms with Crippen molar-refractivity contribution in [2.45, 2.75) is 18.9 Å². The van der Waals surface area contributed by atoms with Gasteiger partial charge < -0.3 is 4.90 Å². The number of benzene rings is 2. The summed E-state index contributed by atoms with van der Waals surface area (Å²) < 4.78 is 1.67. The first-order chi connectivity index (χ1) is 13.6. The van der Waals surface area contributed by atoms with Gasteiger partial charge in [0.25, 0.3) is 5.56 Å². The summed E-state index contributed by atoms with van der Waals surface area (Å²) in [4.78, 5) is 31.7. The normalized spacial score (nSPS) is 17.3. The van der Waals surface area contributed by atoms with Gasteiger partial charge >= 0.3 is 0 Å². The zero-order chi connectivity index (χ0) is 19.5. The minimum absolute atomic E-state index is 0.0588. The van der Waals surface area contributed by atoms with E-state index in [0.717, 1.165) is 18.4 Å². The third kappa shape index (κ3) is 3.71. The number of amides is 1. The Morgan fingerprint density at radius 2 is 1.93 bits per heavy atom. The van der Waals surface area contributed by atoms with Gasteiger partial charge in [0.05, 0.1) is 23.3 Å². The molecule has 1 aliphatic rings. The van der Waals surface area contributed by atoms with Crippen LogP contribution in [0.1, 0.15) is 24.4 Å². The second-order valence-corrected chi connectivity index (χ2v) is 7.32. The minimum atomic E-state index is -0.0774. The van der Waals surface area contributed by atoms with Crippen LogP contribution in [0.15, 0.2) is 65.7 Å². The molecule has 1 atom stereocenters. The number of hydrogen-bond acceptors (Lipinski definition) is 3. The summed E-state index contributed by atoms with van der Waals surface area (Å²) in [7, 11) is 0. The van der Waals surface area contributed by atoms with Gasteiger partial charge in [-0.3, -0.25) is 14.2 Å². The van der Waals surface area contributed by atoms with Gasteiger partial charge in [-0.05, 0) is 42.7 Å². The van der Waals surface area contributed by atoms with Crippen LogP contribution in [0.2, 0.25) is 5.02 Å². The summed E-state index contributed by atoms with van der Waals surface area (Å²) in [5.74, 6) is -0.0774. The second kappa shape index (κ2) is 7.98. The second-order valence-electron chi connectivity index (χ2n) is 6.91. The lowest BCUT2D eigenvalue weighted by atomic mass is 10.0. The first kappa shape index (κ1) is 18.4. The highest BCUT2D eigenvalue weighted by Crippen LogP contribution is 2.22. The summed E-state index contributed by atoms with van der Waals surface area (Å²) in [5.41, 5.74) is 1.44. The zero-order valence-corrected chi connectivity index (χ0v) is 16.0. The molecule has 0 N–H and O–H groups in total. The van der Waals surface area contributed by atoms with Gasteiger partial charge in [0.2, 0.25) is 5.91 Å². The molecule has 5 nitrogen and oxygen atoms in total. The average molecular weight is 394 g/mol. The molecule has 2 aromatic carbocycles. The Morgan fingerprint density at radius 1 is 1.14 bits per heavy atom. The lowest BCUT2D eigenvalue weighted by Crippen LogP contribution is -2.42. The van der Waals surface area contributed by atoms with Crippen molar-refractivity contribution in [3.8, 4) is 0 Å². The van der Waals surface area contributed by atoms with Crippen molar-refractivity contribution in [3.05, 3.63) is 81.9 Å². The number of carbonyl (C=O) groups excluding carboxylic acids is 1. The fourth-order valence-electron chi connectivity index (χ4n) is 3.60. The van der Waals surface area contributed by atoms with E-state index in [4.69, 9.17) is 11.6 Å². The molecule has 2 heterocycles. The number of hydrogen-bond donors (Lipinski definition) is 0. The van der Waals surface area contributed by atoms with Gasteiger partial charge in [-0.1, -0.05) is 41.9 Å². The van der Waals surface area contributed by atoms with Gasteiger partial charge in [0, 0.05) is 24.2 Å². The molecule has 28 heavy (non-hydrogen) atoms. The zero-order valence-electron chi connectivity index (χ0n) is 15.3. The van der Waals surface area contributed by atoms with Crippen molar-refractivity contribution < 1.29 is 4.79 Å². The third-order valence-corrected chi connectivity index (χ3v) is 5.45. The molecular weight excluding hydrogens is 374 g/mol. The predicted molar refractivity (Wildman–Crippen MR) is 111 cm³/mol. The SMILES string of the molecule is O=C(/C=C/c1ccccc1Cl)N1CCC[C@H](n2cnc3ccccc3c2=O)C1. The first-order valence-electron chi connectivity index (χ1n) is 9.31. The van der Waals surface area contributed by atoms with E-state index in [1.807, 2.05) is 36.4 Å². The highest BCUT2D eigenvalue weighted by atomic mass is 35.5. The molecule has 3 aromatic rings. The topological polar surface area (TPSA) is 55.2 Å². The van der Waals surface area contributed by atoms with Gasteiger partial charge in [-0.15, -0.1) is 0 Å². The van der Waals surface area contributed by atoms with E-state index in [1.165, 1.54) is 0 Å². The van der Waals surface area contributed by atoms with Gasteiger partial charge in [0.1, 0.15) is 0 Å². The highest BCUT2D eigenvalue weighted by Gasteiger charge is 2.24. The number of aromatic nitrogens is 2. The molecule has 0 unspecified atom stereocenters. The van der Waals surface area contributed by atoms with Crippen molar-refractivity contribution >= 4 is 34.5 Å². The smallest absolute Gasteiger partial charge is 0.261 e. The Balaban J connectivity index is 1.53. The molecule has 0 spiro atoms. The Labute approximate surface area is 167 Å². The van der Waals surface area contributed by atoms with Gasteiger partial charge in [-0.25, -0.2) is 4.98 Å². The molecule has 1 amide bonds. The van der Waals surface area contributed by atoms with E-state index in [-0.39, 0.29) is 17.5 Å². The number of fused-ring (bicyclic) bond motifs is 1. The Morgan fingerprint density at radius 3 is 2.79 bits per heavy atom. The Bertz CT molecular complexity index is 1110. The molecule has 0 saturated carbocycles. The minimum Gasteiger partial charge on any atom is -0.337 e. The molecule has 6 heteroatoms. The summed E-state index contributed by atoms with van der Waals surface area (Å²) in [6.45, 7) is 1.17. The average Bonchev–Trinajstić information content (AvgIpc) is 2.73. The monoisotopic (exact) mass is 393 g/mol. The molecule has 1 fully saturated rings. The van der Waals surface area contributed by atoms with Gasteiger partial charge in [-0.2, -0.15) is 0 Å². The molecule has 1 aliphatic heterocycles. The van der Waals surface area contributed by atoms with E-state index >= 15 is 0 Å². The van der Waals surface area contributed by atoms with Crippen molar-refractivity contribution in [3.63, 3.8) is 0 Å². The maximum atomic E-state index is 12.8. The fourth-order valence-corrected chi connectivity index (χ4v) is 3.80. The summed E-state index contributed by atoms with van der Waals surface area (Å²) in [5, 5.41) is 1.21. The first-order valence-corrected chi connectivity index (χ1v) is 9.68. The Kier molecular flexibility index (Phi) is 5.26. The number of rotatable bonds is 3. The van der Waals surface area contributed by atoms with Crippen molar-refractivity contribution in [2.75, 3.05) is 13.1 Å². The summed E-state index contributed by atoms with van der Waals surface area (Å²) in [6.07, 6.45) is 6.57. The van der Waals surface area contributed by atoms with E-state index in [9.17, 15) is 9.59 Å². The van der Waals surface area contributed by atoms with Crippen LogP contribution in [-0.2, 0) is 4.79 Å². The van der Waals surface area contributed by atoms with Crippen LogP contribution in [-0.4, -0.2) is 33.4 Å². The third-order valence-electron chi connectivity index (χ3n) is 5.10. The predicted octanol–water partition coefficient (Wildman–Crippen LogP) is 3.93. The summed E-state index contributed by atoms with van der Waals surface area (Å²) in [6, 6.07) is 14.6. The lowest BCUT2D eigenvalue weighted by molar-refractivity contribution is -0.127. The molecule has 0 radical (unpaired) electrons. The van der Waals surface area contributed by atoms with Crippen LogP contribution in [0.4, 0.5) is 0 Å². The molecule has 4 rings (SSSR count). The summed E-state index contributed by atoms with van der Waals surface area (Å²) >= 11 is 6.14. The number of carbonyl (C=O) groups is 1. The highest BCUT2D eigenvalue weighted by molar-refractivity contribution is 6.32. The lowest BCUT2D eigenvalue weighted by Gasteiger charge is -2.33. The number of para-hydroxylation sites is 1. The van der Waals surface area contributed by atoms with Crippen LogP contribution in [0.5, 0.6) is 0 Å². The molecule has 142 valence electrons. The molecule has 1 aromatic heterocycles. The van der Waals surface area contributed by atoms with Crippen LogP contribution in [0.3, 0.4) is 0 Å². The van der Waals surface area contributed by atoms with Crippen molar-refractivity contribution in [1.82, 2.24) is 14.5 Å². The van der Waals surface area contributed by atoms with Crippen LogP contribution in [0.25, 0.3) is 17.0 Å². The number of nitrogens with zero attached hydrogens (tertiary/aromatic N) is 3. The molecule has 1 saturated heterocycles. The number of likely N-dealkylation sites (tertiary alicyclic amines) is 1. The fraction of sp³-hybridized carbons (Fsp3) is 0.227. The van der Waals surface area contributed by atoms with Crippen LogP contribution < -0.4 is 5.56 Å². The van der Waals surface area contributed by atoms with E-state index in [0.29, 0.717) is 29.0 Å². The van der Waals surface area contributed by atoms with Crippen molar-refractivity contribution in [1.29, 1.82) is 0 Å². The number of halogens is 1. The maximum absolute atomic E-state index is 12.8. The van der Waals surface area contributed by atoms with E-state index in [2.05, 4.69) is 4.98 Å². The van der Waals surface area contributed by atoms with E-state index in [1.54, 1.807) is 40.1 Å².